The molecule has 2 atom stereocenters. The molecule has 8 nitrogen and oxygen atoms in total. The van der Waals surface area contributed by atoms with Crippen molar-refractivity contribution < 1.29 is 24.6 Å². The summed E-state index contributed by atoms with van der Waals surface area (Å²) in [6.07, 6.45) is 2.51. The van der Waals surface area contributed by atoms with E-state index in [2.05, 4.69) is 10.6 Å². The number of rotatable bonds is 10. The second kappa shape index (κ2) is 10.6. The summed E-state index contributed by atoms with van der Waals surface area (Å²) in [6, 6.07) is 4.46. The van der Waals surface area contributed by atoms with Gasteiger partial charge in [0.1, 0.15) is 18.3 Å². The Morgan fingerprint density at radius 1 is 1.20 bits per heavy atom. The van der Waals surface area contributed by atoms with E-state index >= 15 is 0 Å². The molecule has 6 N–H and O–H groups in total. The van der Waals surface area contributed by atoms with Crippen molar-refractivity contribution in [2.45, 2.75) is 24.9 Å². The van der Waals surface area contributed by atoms with Gasteiger partial charge in [0.25, 0.3) is 0 Å². The summed E-state index contributed by atoms with van der Waals surface area (Å²) in [6.45, 7) is -0.542. The molecule has 9 heteroatoms. The van der Waals surface area contributed by atoms with E-state index < -0.39 is 36.4 Å². The summed E-state index contributed by atoms with van der Waals surface area (Å²) in [7, 11) is 0. The van der Waals surface area contributed by atoms with Crippen molar-refractivity contribution in [1.82, 2.24) is 10.6 Å². The van der Waals surface area contributed by atoms with Crippen LogP contribution in [0.15, 0.2) is 24.3 Å². The fourth-order valence-corrected chi connectivity index (χ4v) is 2.51. The first-order chi connectivity index (χ1) is 11.8. The average Bonchev–Trinajstić information content (AvgIpc) is 2.58. The molecule has 0 aromatic heterocycles. The van der Waals surface area contributed by atoms with Gasteiger partial charge in [0.2, 0.25) is 11.8 Å². The van der Waals surface area contributed by atoms with E-state index in [0.29, 0.717) is 17.7 Å². The van der Waals surface area contributed by atoms with Crippen molar-refractivity contribution in [2.75, 3.05) is 18.6 Å². The Morgan fingerprint density at radius 2 is 1.84 bits per heavy atom. The van der Waals surface area contributed by atoms with Gasteiger partial charge in [0.05, 0.1) is 6.04 Å². The largest absolute Gasteiger partial charge is 0.508 e. The number of hydrogen-bond acceptors (Lipinski definition) is 6. The third kappa shape index (κ3) is 7.90. The van der Waals surface area contributed by atoms with E-state index in [0.717, 1.165) is 0 Å². The number of aliphatic carboxylic acids is 1. The lowest BCUT2D eigenvalue weighted by Crippen LogP contribution is -2.53. The number of hydrogen-bond donors (Lipinski definition) is 5. The number of aromatic hydroxyl groups is 1. The van der Waals surface area contributed by atoms with Crippen LogP contribution < -0.4 is 16.4 Å². The molecule has 0 saturated carbocycles. The Labute approximate surface area is 150 Å². The molecule has 0 radical (unpaired) electrons. The summed E-state index contributed by atoms with van der Waals surface area (Å²) >= 11 is 1.56. The fourth-order valence-electron chi connectivity index (χ4n) is 2.02. The van der Waals surface area contributed by atoms with Gasteiger partial charge < -0.3 is 26.6 Å². The normalized spacial score (nSPS) is 12.9. The molecule has 0 heterocycles. The van der Waals surface area contributed by atoms with Gasteiger partial charge in [-0.15, -0.1) is 0 Å². The minimum atomic E-state index is -1.18. The minimum absolute atomic E-state index is 0.0822. The molecular formula is C16H23N3O5S. The highest BCUT2D eigenvalue weighted by atomic mass is 32.2. The molecule has 2 amide bonds. The zero-order valence-electron chi connectivity index (χ0n) is 13.9. The molecule has 1 aromatic carbocycles. The molecule has 0 aliphatic rings. The second-order valence-corrected chi connectivity index (χ2v) is 6.42. The standard InChI is InChI=1S/C16H23N3O5S/c1-25-7-6-12(17)15(23)19-13(16(24)18-9-14(21)22)8-10-2-4-11(20)5-3-10/h2-5,12-13,20H,6-9,17H2,1H3,(H,18,24)(H,19,23)(H,21,22). The monoisotopic (exact) mass is 369 g/mol. The number of carboxylic acids is 1. The molecule has 138 valence electrons. The highest BCUT2D eigenvalue weighted by molar-refractivity contribution is 7.98. The van der Waals surface area contributed by atoms with Gasteiger partial charge in [-0.3, -0.25) is 14.4 Å². The lowest BCUT2D eigenvalue weighted by molar-refractivity contribution is -0.138. The highest BCUT2D eigenvalue weighted by Gasteiger charge is 2.24. The van der Waals surface area contributed by atoms with Gasteiger partial charge in [-0.2, -0.15) is 11.8 Å². The highest BCUT2D eigenvalue weighted by Crippen LogP contribution is 2.11. The Hall–Kier alpha value is -2.26. The Bertz CT molecular complexity index is 594. The van der Waals surface area contributed by atoms with Crippen molar-refractivity contribution in [3.63, 3.8) is 0 Å². The van der Waals surface area contributed by atoms with Crippen molar-refractivity contribution in [1.29, 1.82) is 0 Å². The number of amides is 2. The van der Waals surface area contributed by atoms with Gasteiger partial charge in [-0.25, -0.2) is 0 Å². The molecular weight excluding hydrogens is 346 g/mol. The summed E-state index contributed by atoms with van der Waals surface area (Å²) in [5.74, 6) is -1.47. The number of benzene rings is 1. The summed E-state index contributed by atoms with van der Waals surface area (Å²) in [5, 5.41) is 22.8. The number of carbonyl (C=O) groups excluding carboxylic acids is 2. The van der Waals surface area contributed by atoms with Gasteiger partial charge >= 0.3 is 5.97 Å². The van der Waals surface area contributed by atoms with E-state index in [1.165, 1.54) is 12.1 Å². The van der Waals surface area contributed by atoms with E-state index in [-0.39, 0.29) is 12.2 Å². The van der Waals surface area contributed by atoms with Crippen molar-refractivity contribution in [3.05, 3.63) is 29.8 Å². The third-order valence-electron chi connectivity index (χ3n) is 3.39. The lowest BCUT2D eigenvalue weighted by Gasteiger charge is -2.20. The van der Waals surface area contributed by atoms with Crippen molar-refractivity contribution in [2.24, 2.45) is 5.73 Å². The van der Waals surface area contributed by atoms with E-state index in [4.69, 9.17) is 10.8 Å². The zero-order chi connectivity index (χ0) is 18.8. The molecule has 0 aliphatic carbocycles. The first kappa shape index (κ1) is 20.8. The van der Waals surface area contributed by atoms with Crippen LogP contribution in [0.1, 0.15) is 12.0 Å². The quantitative estimate of drug-likeness (QED) is 0.381. The third-order valence-corrected chi connectivity index (χ3v) is 4.04. The molecule has 0 aliphatic heterocycles. The van der Waals surface area contributed by atoms with Crippen LogP contribution in [0.4, 0.5) is 0 Å². The SMILES string of the molecule is CSCCC(N)C(=O)NC(Cc1ccc(O)cc1)C(=O)NCC(=O)O. The van der Waals surface area contributed by atoms with Crippen LogP contribution in [-0.4, -0.2) is 58.6 Å². The average molecular weight is 369 g/mol. The summed E-state index contributed by atoms with van der Waals surface area (Å²) < 4.78 is 0. The van der Waals surface area contributed by atoms with Crippen LogP contribution in [-0.2, 0) is 20.8 Å². The lowest BCUT2D eigenvalue weighted by atomic mass is 10.0. The Kier molecular flexibility index (Phi) is 8.79. The number of nitrogens with one attached hydrogen (secondary N) is 2. The topological polar surface area (TPSA) is 142 Å². The molecule has 1 aromatic rings. The van der Waals surface area contributed by atoms with Gasteiger partial charge in [0, 0.05) is 6.42 Å². The van der Waals surface area contributed by atoms with Crippen LogP contribution in [0.2, 0.25) is 0 Å². The minimum Gasteiger partial charge on any atom is -0.508 e. The van der Waals surface area contributed by atoms with Crippen molar-refractivity contribution >= 4 is 29.5 Å². The molecule has 0 saturated heterocycles. The zero-order valence-corrected chi connectivity index (χ0v) is 14.7. The summed E-state index contributed by atoms with van der Waals surface area (Å²) in [5.41, 5.74) is 6.50. The number of phenolic OH excluding ortho intramolecular Hbond substituents is 1. The van der Waals surface area contributed by atoms with Crippen LogP contribution in [0.5, 0.6) is 5.75 Å². The molecule has 1 rings (SSSR count). The van der Waals surface area contributed by atoms with Crippen LogP contribution >= 0.6 is 11.8 Å². The first-order valence-corrected chi connectivity index (χ1v) is 9.05. The first-order valence-electron chi connectivity index (χ1n) is 7.65. The molecule has 0 fully saturated rings. The van der Waals surface area contributed by atoms with Gasteiger partial charge in [0.15, 0.2) is 0 Å². The maximum Gasteiger partial charge on any atom is 0.322 e. The molecule has 2 unspecified atom stereocenters. The maximum absolute atomic E-state index is 12.2. The second-order valence-electron chi connectivity index (χ2n) is 5.43. The number of phenols is 1. The van der Waals surface area contributed by atoms with Gasteiger partial charge in [-0.1, -0.05) is 12.1 Å². The molecule has 0 bridgehead atoms. The van der Waals surface area contributed by atoms with E-state index in [9.17, 15) is 19.5 Å². The smallest absolute Gasteiger partial charge is 0.322 e. The maximum atomic E-state index is 12.2. The number of carboxylic acid groups (broad SMARTS) is 1. The molecule has 25 heavy (non-hydrogen) atoms. The van der Waals surface area contributed by atoms with Crippen molar-refractivity contribution in [3.8, 4) is 5.75 Å². The predicted molar refractivity (Wildman–Crippen MR) is 95.4 cm³/mol. The van der Waals surface area contributed by atoms with Crippen LogP contribution in [0.25, 0.3) is 0 Å². The van der Waals surface area contributed by atoms with E-state index in [1.54, 1.807) is 23.9 Å². The molecule has 0 spiro atoms. The number of thioether (sulfide) groups is 1. The predicted octanol–water partition coefficient (Wildman–Crippen LogP) is -0.299. The van der Waals surface area contributed by atoms with Gasteiger partial charge in [-0.05, 0) is 36.1 Å². The Morgan fingerprint density at radius 3 is 2.40 bits per heavy atom. The van der Waals surface area contributed by atoms with Crippen LogP contribution in [0, 0.1) is 0 Å². The fraction of sp³-hybridized carbons (Fsp3) is 0.438. The van der Waals surface area contributed by atoms with Crippen LogP contribution in [0.3, 0.4) is 0 Å². The number of carbonyl (C=O) groups is 3. The van der Waals surface area contributed by atoms with E-state index in [1.807, 2.05) is 6.26 Å². The summed E-state index contributed by atoms with van der Waals surface area (Å²) in [4.78, 5) is 35.0. The number of nitrogens with two attached hydrogens (primary N) is 1. The Balaban J connectivity index is 2.79.